The minimum atomic E-state index is -0.521. The molecule has 3 nitrogen and oxygen atoms in total. The minimum Gasteiger partial charge on any atom is -0.457 e. The summed E-state index contributed by atoms with van der Waals surface area (Å²) in [4.78, 5) is 7.20. The van der Waals surface area contributed by atoms with Crippen LogP contribution in [0.25, 0.3) is 10.9 Å². The van der Waals surface area contributed by atoms with Crippen LogP contribution in [0.15, 0.2) is 134 Å². The predicted molar refractivity (Wildman–Crippen MR) is 148 cm³/mol. The third-order valence-electron chi connectivity index (χ3n) is 7.75. The van der Waals surface area contributed by atoms with Gasteiger partial charge in [0.1, 0.15) is 11.5 Å². The van der Waals surface area contributed by atoms with Gasteiger partial charge in [-0.15, -0.1) is 0 Å². The number of hydrogen-bond acceptors (Lipinski definition) is 3. The van der Waals surface area contributed by atoms with E-state index in [2.05, 4.69) is 126 Å². The average Bonchev–Trinajstić information content (AvgIpc) is 2.97. The highest BCUT2D eigenvalue weighted by atomic mass is 16.5. The Kier molecular flexibility index (Phi) is 4.15. The van der Waals surface area contributed by atoms with Crippen LogP contribution in [0.4, 0.5) is 17.1 Å². The maximum Gasteiger partial charge on any atom is 0.132 e. The quantitative estimate of drug-likeness (QED) is 0.238. The number of anilines is 3. The molecule has 0 saturated heterocycles. The van der Waals surface area contributed by atoms with Crippen molar-refractivity contribution >= 4 is 28.0 Å². The summed E-state index contributed by atoms with van der Waals surface area (Å²) < 4.78 is 6.48. The lowest BCUT2D eigenvalue weighted by atomic mass is 9.61. The molecule has 174 valence electrons. The Morgan fingerprint density at radius 1 is 0.486 bits per heavy atom. The highest BCUT2D eigenvalue weighted by Crippen LogP contribution is 2.62. The first-order chi connectivity index (χ1) is 18.4. The number of ether oxygens (including phenoxy) is 1. The molecule has 2 aliphatic heterocycles. The maximum atomic E-state index is 6.48. The van der Waals surface area contributed by atoms with Crippen molar-refractivity contribution in [3.05, 3.63) is 156 Å². The van der Waals surface area contributed by atoms with Gasteiger partial charge in [-0.3, -0.25) is 4.98 Å². The Morgan fingerprint density at radius 3 is 1.65 bits per heavy atom. The van der Waals surface area contributed by atoms with Crippen molar-refractivity contribution in [3.8, 4) is 11.5 Å². The van der Waals surface area contributed by atoms with Gasteiger partial charge in [-0.25, -0.2) is 0 Å². The van der Waals surface area contributed by atoms with Gasteiger partial charge in [-0.2, -0.15) is 0 Å². The van der Waals surface area contributed by atoms with Gasteiger partial charge in [0.25, 0.3) is 0 Å². The standard InChI is InChI=1S/C34H22N2O/c1-5-17-28-24(13-1)34(26-15-3-7-20-31(26)37-32-21-8-4-16-27(32)34)25-14-2-6-18-29(25)36(28)30-19-9-11-23-12-10-22-35-33(23)30/h1-22H. The van der Waals surface area contributed by atoms with Crippen LogP contribution >= 0.6 is 0 Å². The molecule has 3 heterocycles. The minimum absolute atomic E-state index is 0.521. The number of hydrogen-bond donors (Lipinski definition) is 0. The van der Waals surface area contributed by atoms with Crippen LogP contribution in [0.3, 0.4) is 0 Å². The summed E-state index contributed by atoms with van der Waals surface area (Å²) in [7, 11) is 0. The summed E-state index contributed by atoms with van der Waals surface area (Å²) >= 11 is 0. The van der Waals surface area contributed by atoms with Gasteiger partial charge in [0.2, 0.25) is 0 Å². The van der Waals surface area contributed by atoms with Crippen LogP contribution in [0.1, 0.15) is 22.3 Å². The Labute approximate surface area is 215 Å². The summed E-state index contributed by atoms with van der Waals surface area (Å²) in [6, 6.07) is 45.0. The van der Waals surface area contributed by atoms with E-state index in [0.717, 1.165) is 50.6 Å². The number of rotatable bonds is 1. The highest BCUT2D eigenvalue weighted by Gasteiger charge is 2.51. The molecule has 37 heavy (non-hydrogen) atoms. The van der Waals surface area contributed by atoms with Crippen LogP contribution in [0.5, 0.6) is 11.5 Å². The van der Waals surface area contributed by atoms with Crippen LogP contribution in [0.2, 0.25) is 0 Å². The molecule has 0 saturated carbocycles. The summed E-state index contributed by atoms with van der Waals surface area (Å²) in [5, 5.41) is 1.12. The van der Waals surface area contributed by atoms with Crippen molar-refractivity contribution in [2.24, 2.45) is 0 Å². The molecule has 0 amide bonds. The topological polar surface area (TPSA) is 25.4 Å². The van der Waals surface area contributed by atoms with E-state index < -0.39 is 5.41 Å². The highest BCUT2D eigenvalue weighted by molar-refractivity contribution is 5.99. The first-order valence-corrected chi connectivity index (χ1v) is 12.6. The van der Waals surface area contributed by atoms with Gasteiger partial charge in [0.05, 0.1) is 28.0 Å². The van der Waals surface area contributed by atoms with Gasteiger partial charge >= 0.3 is 0 Å². The fraction of sp³-hybridized carbons (Fsp3) is 0.0294. The fourth-order valence-electron chi connectivity index (χ4n) is 6.35. The van der Waals surface area contributed by atoms with Gasteiger partial charge in [0.15, 0.2) is 0 Å². The molecule has 1 aromatic heterocycles. The summed E-state index contributed by atoms with van der Waals surface area (Å²) in [6.07, 6.45) is 1.88. The van der Waals surface area contributed by atoms with Gasteiger partial charge in [0, 0.05) is 22.7 Å². The molecule has 6 aromatic rings. The first-order valence-electron chi connectivity index (χ1n) is 12.6. The lowest BCUT2D eigenvalue weighted by molar-refractivity contribution is 0.434. The fourth-order valence-corrected chi connectivity index (χ4v) is 6.35. The second kappa shape index (κ2) is 7.55. The number of benzene rings is 5. The Hall–Kier alpha value is -4.89. The number of fused-ring (bicyclic) bond motifs is 9. The molecule has 0 unspecified atom stereocenters. The van der Waals surface area contributed by atoms with Crippen LogP contribution in [-0.4, -0.2) is 4.98 Å². The van der Waals surface area contributed by atoms with E-state index in [4.69, 9.17) is 9.72 Å². The van der Waals surface area contributed by atoms with Crippen molar-refractivity contribution < 1.29 is 4.74 Å². The Morgan fingerprint density at radius 2 is 1.00 bits per heavy atom. The van der Waals surface area contributed by atoms with Crippen molar-refractivity contribution in [1.29, 1.82) is 0 Å². The largest absolute Gasteiger partial charge is 0.457 e. The van der Waals surface area contributed by atoms with E-state index in [1.54, 1.807) is 0 Å². The van der Waals surface area contributed by atoms with Crippen molar-refractivity contribution in [2.75, 3.05) is 4.90 Å². The van der Waals surface area contributed by atoms with Crippen LogP contribution in [-0.2, 0) is 5.41 Å². The van der Waals surface area contributed by atoms with Crippen LogP contribution < -0.4 is 9.64 Å². The summed E-state index contributed by atoms with van der Waals surface area (Å²) in [5.41, 5.74) is 8.59. The van der Waals surface area contributed by atoms with Crippen molar-refractivity contribution in [2.45, 2.75) is 5.41 Å². The zero-order valence-electron chi connectivity index (χ0n) is 20.0. The second-order valence-electron chi connectivity index (χ2n) is 9.57. The molecule has 2 aliphatic rings. The summed E-state index contributed by atoms with van der Waals surface area (Å²) in [6.45, 7) is 0. The number of aromatic nitrogens is 1. The monoisotopic (exact) mass is 474 g/mol. The lowest BCUT2D eigenvalue weighted by Crippen LogP contribution is -2.39. The molecule has 0 fully saturated rings. The van der Waals surface area contributed by atoms with Gasteiger partial charge in [-0.05, 0) is 47.5 Å². The molecule has 8 rings (SSSR count). The zero-order chi connectivity index (χ0) is 24.4. The smallest absolute Gasteiger partial charge is 0.132 e. The molecular formula is C34H22N2O. The number of pyridine rings is 1. The average molecular weight is 475 g/mol. The third kappa shape index (κ3) is 2.63. The lowest BCUT2D eigenvalue weighted by Gasteiger charge is -2.48. The molecule has 0 radical (unpaired) electrons. The molecule has 5 aromatic carbocycles. The SMILES string of the molecule is c1ccc2c(c1)Oc1ccccc1C21c2ccccc2N(c2cccc3cccnc23)c2ccccc21. The van der Waals surface area contributed by atoms with E-state index in [-0.39, 0.29) is 0 Å². The molecule has 0 aliphatic carbocycles. The Bertz CT molecular complexity index is 1740. The first kappa shape index (κ1) is 20.3. The van der Waals surface area contributed by atoms with Crippen molar-refractivity contribution in [1.82, 2.24) is 4.98 Å². The Balaban J connectivity index is 1.54. The van der Waals surface area contributed by atoms with E-state index in [1.807, 2.05) is 12.3 Å². The van der Waals surface area contributed by atoms with E-state index in [9.17, 15) is 0 Å². The normalized spacial score (nSPS) is 14.3. The predicted octanol–water partition coefficient (Wildman–Crippen LogP) is 8.51. The molecule has 3 heteroatoms. The van der Waals surface area contributed by atoms with Crippen molar-refractivity contribution in [3.63, 3.8) is 0 Å². The maximum absolute atomic E-state index is 6.48. The summed E-state index contributed by atoms with van der Waals surface area (Å²) in [5.74, 6) is 1.79. The van der Waals surface area contributed by atoms with E-state index >= 15 is 0 Å². The molecule has 1 spiro atoms. The van der Waals surface area contributed by atoms with Gasteiger partial charge < -0.3 is 9.64 Å². The third-order valence-corrected chi connectivity index (χ3v) is 7.75. The zero-order valence-corrected chi connectivity index (χ0v) is 20.0. The second-order valence-corrected chi connectivity index (χ2v) is 9.57. The van der Waals surface area contributed by atoms with Crippen LogP contribution in [0, 0.1) is 0 Å². The molecule has 0 N–H and O–H groups in total. The molecular weight excluding hydrogens is 452 g/mol. The van der Waals surface area contributed by atoms with Gasteiger partial charge in [-0.1, -0.05) is 91.0 Å². The molecule has 0 atom stereocenters. The molecule has 0 bridgehead atoms. The number of nitrogens with zero attached hydrogens (tertiary/aromatic N) is 2. The van der Waals surface area contributed by atoms with E-state index in [0.29, 0.717) is 0 Å². The van der Waals surface area contributed by atoms with E-state index in [1.165, 1.54) is 11.1 Å². The number of para-hydroxylation sites is 5.